The van der Waals surface area contributed by atoms with Crippen molar-refractivity contribution in [2.45, 2.75) is 25.3 Å². The van der Waals surface area contributed by atoms with Crippen LogP contribution < -0.4 is 0 Å². The van der Waals surface area contributed by atoms with E-state index in [9.17, 15) is 4.39 Å². The lowest BCUT2D eigenvalue weighted by atomic mass is 9.89. The molecule has 0 saturated heterocycles. The average Bonchev–Trinajstić information content (AvgIpc) is 2.96. The molecule has 1 heterocycles. The van der Waals surface area contributed by atoms with Gasteiger partial charge < -0.3 is 0 Å². The van der Waals surface area contributed by atoms with Crippen molar-refractivity contribution < 1.29 is 4.39 Å². The van der Waals surface area contributed by atoms with Gasteiger partial charge in [-0.25, -0.2) is 4.39 Å². The molecule has 0 radical (unpaired) electrons. The number of aromatic nitrogens is 2. The Labute approximate surface area is 149 Å². The summed E-state index contributed by atoms with van der Waals surface area (Å²) in [5.41, 5.74) is 1.93. The standard InChI is InChI=1S/C19H14ClFN4/c20-13-7-8-14(17(21)12-13)15(5-3-9-22)19-16-4-1-2-6-18(16)25(24-19)11-10-23/h1-2,4,6-8,12,15H,3,5,11H2. The van der Waals surface area contributed by atoms with Crippen molar-refractivity contribution in [3.8, 4) is 12.1 Å². The molecular formula is C19H14ClFN4. The van der Waals surface area contributed by atoms with E-state index in [0.717, 1.165) is 10.9 Å². The first-order valence-electron chi connectivity index (χ1n) is 7.80. The Morgan fingerprint density at radius 1 is 1.16 bits per heavy atom. The number of halogens is 2. The number of nitrogens with zero attached hydrogens (tertiary/aromatic N) is 4. The first-order valence-corrected chi connectivity index (χ1v) is 8.17. The monoisotopic (exact) mass is 352 g/mol. The average molecular weight is 353 g/mol. The second kappa shape index (κ2) is 7.34. The lowest BCUT2D eigenvalue weighted by Gasteiger charge is -2.15. The molecule has 1 aromatic heterocycles. The van der Waals surface area contributed by atoms with Crippen LogP contribution in [0.3, 0.4) is 0 Å². The van der Waals surface area contributed by atoms with Crippen LogP contribution >= 0.6 is 11.6 Å². The van der Waals surface area contributed by atoms with Gasteiger partial charge in [-0.15, -0.1) is 0 Å². The van der Waals surface area contributed by atoms with Crippen molar-refractivity contribution in [1.82, 2.24) is 9.78 Å². The van der Waals surface area contributed by atoms with Crippen molar-refractivity contribution in [2.24, 2.45) is 0 Å². The Kier molecular flexibility index (Phi) is 4.97. The summed E-state index contributed by atoms with van der Waals surface area (Å²) in [6.45, 7) is 0.106. The number of hydrogen-bond donors (Lipinski definition) is 0. The van der Waals surface area contributed by atoms with Crippen LogP contribution in [-0.2, 0) is 6.54 Å². The topological polar surface area (TPSA) is 65.4 Å². The largest absolute Gasteiger partial charge is 0.250 e. The van der Waals surface area contributed by atoms with Gasteiger partial charge in [0.25, 0.3) is 0 Å². The summed E-state index contributed by atoms with van der Waals surface area (Å²) in [5, 5.41) is 23.8. The summed E-state index contributed by atoms with van der Waals surface area (Å²) in [6, 6.07) is 16.3. The predicted octanol–water partition coefficient (Wildman–Crippen LogP) is 4.79. The van der Waals surface area contributed by atoms with Gasteiger partial charge in [0.2, 0.25) is 0 Å². The number of para-hydroxylation sites is 1. The minimum absolute atomic E-state index is 0.106. The predicted molar refractivity (Wildman–Crippen MR) is 93.4 cm³/mol. The van der Waals surface area contributed by atoms with Crippen LogP contribution in [0.15, 0.2) is 42.5 Å². The summed E-state index contributed by atoms with van der Waals surface area (Å²) in [4.78, 5) is 0. The zero-order chi connectivity index (χ0) is 17.8. The Balaban J connectivity index is 2.19. The van der Waals surface area contributed by atoms with E-state index < -0.39 is 5.82 Å². The van der Waals surface area contributed by atoms with Gasteiger partial charge in [0.1, 0.15) is 12.4 Å². The fourth-order valence-corrected chi connectivity index (χ4v) is 3.19. The molecule has 0 N–H and O–H groups in total. The fourth-order valence-electron chi connectivity index (χ4n) is 3.03. The first kappa shape index (κ1) is 17.0. The maximum absolute atomic E-state index is 14.5. The zero-order valence-electron chi connectivity index (χ0n) is 13.3. The smallest absolute Gasteiger partial charge is 0.128 e. The third-order valence-electron chi connectivity index (χ3n) is 4.12. The highest BCUT2D eigenvalue weighted by Crippen LogP contribution is 2.35. The Bertz CT molecular complexity index is 997. The van der Waals surface area contributed by atoms with Gasteiger partial charge in [-0.05, 0) is 30.2 Å². The van der Waals surface area contributed by atoms with Gasteiger partial charge >= 0.3 is 0 Å². The number of fused-ring (bicyclic) bond motifs is 1. The summed E-state index contributed by atoms with van der Waals surface area (Å²) in [5.74, 6) is -0.809. The van der Waals surface area contributed by atoms with Crippen molar-refractivity contribution >= 4 is 22.5 Å². The molecule has 124 valence electrons. The van der Waals surface area contributed by atoms with Gasteiger partial charge in [0, 0.05) is 22.7 Å². The van der Waals surface area contributed by atoms with Crippen LogP contribution in [0.25, 0.3) is 10.9 Å². The number of rotatable bonds is 5. The van der Waals surface area contributed by atoms with Crippen LogP contribution in [-0.4, -0.2) is 9.78 Å². The molecule has 3 aromatic rings. The molecule has 0 bridgehead atoms. The molecule has 1 unspecified atom stereocenters. The van der Waals surface area contributed by atoms with E-state index in [4.69, 9.17) is 22.1 Å². The molecule has 0 aliphatic rings. The number of benzene rings is 2. The first-order chi connectivity index (χ1) is 12.2. The summed E-state index contributed by atoms with van der Waals surface area (Å²) >= 11 is 5.86. The van der Waals surface area contributed by atoms with Gasteiger partial charge in [0.05, 0.1) is 23.3 Å². The van der Waals surface area contributed by atoms with Crippen LogP contribution in [0.1, 0.15) is 30.0 Å². The molecular weight excluding hydrogens is 339 g/mol. The molecule has 6 heteroatoms. The maximum atomic E-state index is 14.5. The Hall–Kier alpha value is -2.89. The van der Waals surface area contributed by atoms with Gasteiger partial charge in [-0.3, -0.25) is 4.68 Å². The summed E-state index contributed by atoms with van der Waals surface area (Å²) in [6.07, 6.45) is 0.703. The van der Waals surface area contributed by atoms with Crippen molar-refractivity contribution in [1.29, 1.82) is 10.5 Å². The summed E-state index contributed by atoms with van der Waals surface area (Å²) in [7, 11) is 0. The van der Waals surface area contributed by atoms with E-state index in [1.807, 2.05) is 24.3 Å². The summed E-state index contributed by atoms with van der Waals surface area (Å²) < 4.78 is 16.1. The minimum Gasteiger partial charge on any atom is -0.250 e. The minimum atomic E-state index is -0.422. The second-order valence-corrected chi connectivity index (χ2v) is 6.07. The molecule has 0 aliphatic heterocycles. The Morgan fingerprint density at radius 3 is 2.68 bits per heavy atom. The molecule has 25 heavy (non-hydrogen) atoms. The third kappa shape index (κ3) is 3.33. The van der Waals surface area contributed by atoms with Gasteiger partial charge in [-0.2, -0.15) is 15.6 Å². The van der Waals surface area contributed by atoms with Gasteiger partial charge in [-0.1, -0.05) is 35.9 Å². The maximum Gasteiger partial charge on any atom is 0.128 e. The molecule has 1 atom stereocenters. The molecule has 0 fully saturated rings. The molecule has 3 rings (SSSR count). The van der Waals surface area contributed by atoms with Crippen molar-refractivity contribution in [2.75, 3.05) is 0 Å². The van der Waals surface area contributed by atoms with Crippen LogP contribution in [0, 0.1) is 28.5 Å². The van der Waals surface area contributed by atoms with E-state index in [2.05, 4.69) is 17.2 Å². The fraction of sp³-hybridized carbons (Fsp3) is 0.211. The van der Waals surface area contributed by atoms with Crippen molar-refractivity contribution in [3.63, 3.8) is 0 Å². The quantitative estimate of drug-likeness (QED) is 0.663. The third-order valence-corrected chi connectivity index (χ3v) is 4.35. The lowest BCUT2D eigenvalue weighted by molar-refractivity contribution is 0.578. The van der Waals surface area contributed by atoms with Crippen LogP contribution in [0.2, 0.25) is 5.02 Å². The van der Waals surface area contributed by atoms with E-state index in [1.54, 1.807) is 16.8 Å². The van der Waals surface area contributed by atoms with Crippen LogP contribution in [0.5, 0.6) is 0 Å². The van der Waals surface area contributed by atoms with Crippen molar-refractivity contribution in [3.05, 3.63) is 64.6 Å². The SMILES string of the molecule is N#CCCC(c1ccc(Cl)cc1F)c1nn(CC#N)c2ccccc12. The molecule has 0 aliphatic carbocycles. The highest BCUT2D eigenvalue weighted by molar-refractivity contribution is 6.30. The van der Waals surface area contributed by atoms with E-state index >= 15 is 0 Å². The lowest BCUT2D eigenvalue weighted by Crippen LogP contribution is -2.07. The molecule has 4 nitrogen and oxygen atoms in total. The highest BCUT2D eigenvalue weighted by atomic mass is 35.5. The Morgan fingerprint density at radius 2 is 1.96 bits per heavy atom. The molecule has 0 saturated carbocycles. The number of hydrogen-bond acceptors (Lipinski definition) is 3. The highest BCUT2D eigenvalue weighted by Gasteiger charge is 2.24. The number of nitriles is 2. The van der Waals surface area contributed by atoms with Gasteiger partial charge in [0.15, 0.2) is 0 Å². The normalized spacial score (nSPS) is 11.8. The zero-order valence-corrected chi connectivity index (χ0v) is 14.0. The molecule has 0 amide bonds. The second-order valence-electron chi connectivity index (χ2n) is 5.63. The molecule has 2 aromatic carbocycles. The van der Waals surface area contributed by atoms with E-state index in [1.165, 1.54) is 6.07 Å². The van der Waals surface area contributed by atoms with Crippen LogP contribution in [0.4, 0.5) is 4.39 Å². The molecule has 0 spiro atoms. The van der Waals surface area contributed by atoms with E-state index in [0.29, 0.717) is 22.7 Å². The van der Waals surface area contributed by atoms with E-state index in [-0.39, 0.29) is 18.9 Å².